The van der Waals surface area contributed by atoms with Gasteiger partial charge in [-0.2, -0.15) is 0 Å². The van der Waals surface area contributed by atoms with Crippen LogP contribution in [-0.2, 0) is 9.53 Å². The number of hydrogen-bond donors (Lipinski definition) is 1. The number of unbranched alkanes of at least 4 members (excludes halogenated alkanes) is 7. The highest BCUT2D eigenvalue weighted by Crippen LogP contribution is 2.15. The Morgan fingerprint density at radius 2 is 1.64 bits per heavy atom. The molecule has 0 aliphatic rings. The van der Waals surface area contributed by atoms with Crippen LogP contribution in [0.4, 0.5) is 0 Å². The number of rotatable bonds is 12. The lowest BCUT2D eigenvalue weighted by atomic mass is 10.1. The van der Waals surface area contributed by atoms with Crippen LogP contribution in [0, 0.1) is 0 Å². The molecule has 0 aromatic heterocycles. The molecular formula is C20H30BrNO3. The molecule has 0 heterocycles. The second kappa shape index (κ2) is 12.9. The Morgan fingerprint density at radius 3 is 2.28 bits per heavy atom. The first-order valence-corrected chi connectivity index (χ1v) is 10.1. The van der Waals surface area contributed by atoms with Crippen molar-refractivity contribution < 1.29 is 14.3 Å². The molecule has 1 aromatic carbocycles. The van der Waals surface area contributed by atoms with E-state index < -0.39 is 6.04 Å². The molecule has 1 atom stereocenters. The van der Waals surface area contributed by atoms with Crippen molar-refractivity contribution in [2.24, 2.45) is 0 Å². The fourth-order valence-corrected chi connectivity index (χ4v) is 2.98. The van der Waals surface area contributed by atoms with Gasteiger partial charge in [0.15, 0.2) is 0 Å². The van der Waals surface area contributed by atoms with Crippen LogP contribution in [0.1, 0.15) is 75.6 Å². The van der Waals surface area contributed by atoms with E-state index in [1.165, 1.54) is 38.5 Å². The summed E-state index contributed by atoms with van der Waals surface area (Å²) in [6.07, 6.45) is 9.61. The van der Waals surface area contributed by atoms with E-state index in [1.54, 1.807) is 25.1 Å². The van der Waals surface area contributed by atoms with Crippen molar-refractivity contribution in [2.45, 2.75) is 71.3 Å². The first-order valence-electron chi connectivity index (χ1n) is 9.28. The number of amides is 1. The van der Waals surface area contributed by atoms with Crippen LogP contribution >= 0.6 is 15.9 Å². The maximum absolute atomic E-state index is 12.2. The van der Waals surface area contributed by atoms with E-state index in [-0.39, 0.29) is 11.9 Å². The van der Waals surface area contributed by atoms with Gasteiger partial charge in [-0.05, 0) is 41.4 Å². The monoisotopic (exact) mass is 411 g/mol. The third kappa shape index (κ3) is 9.05. The maximum Gasteiger partial charge on any atom is 0.328 e. The number of nitrogens with one attached hydrogen (secondary N) is 1. The lowest BCUT2D eigenvalue weighted by molar-refractivity contribution is -0.145. The largest absolute Gasteiger partial charge is 0.464 e. The molecule has 0 unspecified atom stereocenters. The summed E-state index contributed by atoms with van der Waals surface area (Å²) in [5.41, 5.74) is 0.505. The summed E-state index contributed by atoms with van der Waals surface area (Å²) < 4.78 is 5.95. The fraction of sp³-hybridized carbons (Fsp3) is 0.600. The molecule has 0 saturated carbocycles. The number of benzene rings is 1. The number of esters is 1. The molecule has 1 amide bonds. The Hall–Kier alpha value is -1.36. The van der Waals surface area contributed by atoms with Gasteiger partial charge in [0.2, 0.25) is 0 Å². The molecule has 0 spiro atoms. The Kier molecular flexibility index (Phi) is 11.2. The molecule has 0 fully saturated rings. The molecule has 5 heteroatoms. The normalized spacial score (nSPS) is 11.8. The third-order valence-corrected chi connectivity index (χ3v) is 4.75. The highest BCUT2D eigenvalue weighted by Gasteiger charge is 2.18. The van der Waals surface area contributed by atoms with Gasteiger partial charge in [-0.15, -0.1) is 0 Å². The fourth-order valence-electron chi connectivity index (χ4n) is 2.51. The zero-order valence-electron chi connectivity index (χ0n) is 15.4. The van der Waals surface area contributed by atoms with Gasteiger partial charge < -0.3 is 10.1 Å². The molecule has 1 rings (SSSR count). The molecular weight excluding hydrogens is 382 g/mol. The van der Waals surface area contributed by atoms with E-state index in [9.17, 15) is 9.59 Å². The molecule has 0 aliphatic heterocycles. The summed E-state index contributed by atoms with van der Waals surface area (Å²) in [7, 11) is 0. The predicted octanol–water partition coefficient (Wildman–Crippen LogP) is 5.25. The summed E-state index contributed by atoms with van der Waals surface area (Å²) in [5, 5.41) is 2.67. The molecule has 0 aliphatic carbocycles. The smallest absolute Gasteiger partial charge is 0.328 e. The van der Waals surface area contributed by atoms with Gasteiger partial charge in [0.25, 0.3) is 5.91 Å². The molecule has 4 nitrogen and oxygen atoms in total. The number of halogens is 1. The van der Waals surface area contributed by atoms with Crippen molar-refractivity contribution in [3.8, 4) is 0 Å². The van der Waals surface area contributed by atoms with E-state index in [0.29, 0.717) is 16.6 Å². The van der Waals surface area contributed by atoms with Gasteiger partial charge in [0.1, 0.15) is 6.04 Å². The van der Waals surface area contributed by atoms with E-state index in [4.69, 9.17) is 4.74 Å². The van der Waals surface area contributed by atoms with E-state index in [2.05, 4.69) is 28.2 Å². The summed E-state index contributed by atoms with van der Waals surface area (Å²) in [4.78, 5) is 24.1. The van der Waals surface area contributed by atoms with Crippen molar-refractivity contribution in [2.75, 3.05) is 6.61 Å². The Morgan fingerprint density at radius 1 is 1.04 bits per heavy atom. The molecule has 0 saturated heterocycles. The number of carbonyl (C=O) groups excluding carboxylic acids is 2. The van der Waals surface area contributed by atoms with Crippen molar-refractivity contribution >= 4 is 27.8 Å². The molecule has 0 bridgehead atoms. The Bertz CT molecular complexity index is 533. The van der Waals surface area contributed by atoms with Crippen molar-refractivity contribution in [1.29, 1.82) is 0 Å². The molecule has 25 heavy (non-hydrogen) atoms. The van der Waals surface area contributed by atoms with Gasteiger partial charge in [-0.25, -0.2) is 4.79 Å². The van der Waals surface area contributed by atoms with Crippen molar-refractivity contribution in [3.05, 3.63) is 34.3 Å². The summed E-state index contributed by atoms with van der Waals surface area (Å²) in [5.74, 6) is -0.674. The number of hydrogen-bond acceptors (Lipinski definition) is 3. The highest BCUT2D eigenvalue weighted by molar-refractivity contribution is 9.10. The van der Waals surface area contributed by atoms with Crippen LogP contribution in [-0.4, -0.2) is 24.5 Å². The minimum Gasteiger partial charge on any atom is -0.464 e. The number of carbonyl (C=O) groups is 2. The van der Waals surface area contributed by atoms with Gasteiger partial charge in [-0.1, -0.05) is 64.0 Å². The van der Waals surface area contributed by atoms with Crippen molar-refractivity contribution in [1.82, 2.24) is 5.32 Å². The van der Waals surface area contributed by atoms with Crippen LogP contribution in [0.2, 0.25) is 0 Å². The highest BCUT2D eigenvalue weighted by atomic mass is 79.9. The maximum atomic E-state index is 12.2. The SMILES string of the molecule is CCCCCCCCCCOC(=O)[C@H](C)NC(=O)c1ccccc1Br. The summed E-state index contributed by atoms with van der Waals surface area (Å²) in [6, 6.07) is 6.46. The molecule has 140 valence electrons. The molecule has 1 N–H and O–H groups in total. The van der Waals surface area contributed by atoms with E-state index in [0.717, 1.165) is 12.8 Å². The van der Waals surface area contributed by atoms with Crippen molar-refractivity contribution in [3.63, 3.8) is 0 Å². The van der Waals surface area contributed by atoms with Crippen LogP contribution in [0.15, 0.2) is 28.7 Å². The lowest BCUT2D eigenvalue weighted by Gasteiger charge is -2.14. The van der Waals surface area contributed by atoms with Crippen LogP contribution in [0.3, 0.4) is 0 Å². The zero-order chi connectivity index (χ0) is 18.5. The predicted molar refractivity (Wildman–Crippen MR) is 105 cm³/mol. The average Bonchev–Trinajstić information content (AvgIpc) is 2.60. The van der Waals surface area contributed by atoms with Gasteiger partial charge in [-0.3, -0.25) is 4.79 Å². The third-order valence-electron chi connectivity index (χ3n) is 4.06. The van der Waals surface area contributed by atoms with Gasteiger partial charge in [0, 0.05) is 4.47 Å². The first-order chi connectivity index (χ1) is 12.1. The van der Waals surface area contributed by atoms with Crippen LogP contribution < -0.4 is 5.32 Å². The molecule has 0 radical (unpaired) electrons. The van der Waals surface area contributed by atoms with E-state index >= 15 is 0 Å². The van der Waals surface area contributed by atoms with Crippen LogP contribution in [0.25, 0.3) is 0 Å². The lowest BCUT2D eigenvalue weighted by Crippen LogP contribution is -2.39. The second-order valence-electron chi connectivity index (χ2n) is 6.32. The Balaban J connectivity index is 2.16. The topological polar surface area (TPSA) is 55.4 Å². The summed E-state index contributed by atoms with van der Waals surface area (Å²) in [6.45, 7) is 4.28. The van der Waals surface area contributed by atoms with Gasteiger partial charge >= 0.3 is 5.97 Å². The average molecular weight is 412 g/mol. The van der Waals surface area contributed by atoms with Gasteiger partial charge in [0.05, 0.1) is 12.2 Å². The standard InChI is InChI=1S/C20H30BrNO3/c1-3-4-5-6-7-8-9-12-15-25-20(24)16(2)22-19(23)17-13-10-11-14-18(17)21/h10-11,13-14,16H,3-9,12,15H2,1-2H3,(H,22,23)/t16-/m0/s1. The first kappa shape index (κ1) is 21.7. The minimum atomic E-state index is -0.659. The number of ether oxygens (including phenoxy) is 1. The molecule has 1 aromatic rings. The quantitative estimate of drug-likeness (QED) is 0.377. The second-order valence-corrected chi connectivity index (χ2v) is 7.17. The summed E-state index contributed by atoms with van der Waals surface area (Å²) >= 11 is 3.33. The zero-order valence-corrected chi connectivity index (χ0v) is 16.9. The Labute approximate surface area is 159 Å². The van der Waals surface area contributed by atoms with E-state index in [1.807, 2.05) is 6.07 Å². The van der Waals surface area contributed by atoms with Crippen LogP contribution in [0.5, 0.6) is 0 Å². The minimum absolute atomic E-state index is 0.288.